The zero-order valence-electron chi connectivity index (χ0n) is 18.7. The number of nitrogens with zero attached hydrogens (tertiary/aromatic N) is 3. The molecule has 2 N–H and O–H groups in total. The maximum atomic E-state index is 6.06. The van der Waals surface area contributed by atoms with Crippen LogP contribution in [0.25, 0.3) is 0 Å². The molecule has 2 heterocycles. The van der Waals surface area contributed by atoms with Gasteiger partial charge in [-0.3, -0.25) is 4.99 Å². The third-order valence-electron chi connectivity index (χ3n) is 6.11. The Labute approximate surface area is 187 Å². The van der Waals surface area contributed by atoms with Crippen LogP contribution in [0.4, 0.5) is 0 Å². The molecule has 0 spiro atoms. The summed E-state index contributed by atoms with van der Waals surface area (Å²) in [4.78, 5) is 9.73. The first kappa shape index (κ1) is 23.3. The Morgan fingerprint density at radius 2 is 1.97 bits per heavy atom. The van der Waals surface area contributed by atoms with E-state index in [4.69, 9.17) is 21.3 Å². The number of hydrogen-bond donors (Lipinski definition) is 2. The van der Waals surface area contributed by atoms with Crippen LogP contribution in [0.5, 0.6) is 0 Å². The van der Waals surface area contributed by atoms with E-state index in [-0.39, 0.29) is 6.04 Å². The summed E-state index contributed by atoms with van der Waals surface area (Å²) >= 11 is 6.06. The number of rotatable bonds is 8. The van der Waals surface area contributed by atoms with Gasteiger partial charge in [-0.05, 0) is 63.9 Å². The lowest BCUT2D eigenvalue weighted by molar-refractivity contribution is 0.150. The van der Waals surface area contributed by atoms with Crippen molar-refractivity contribution in [2.24, 2.45) is 10.9 Å². The average molecular weight is 436 g/mol. The number of aliphatic imine (C=N–C) groups is 1. The van der Waals surface area contributed by atoms with Crippen molar-refractivity contribution < 1.29 is 4.74 Å². The van der Waals surface area contributed by atoms with Crippen molar-refractivity contribution in [3.63, 3.8) is 0 Å². The number of halogens is 1. The van der Waals surface area contributed by atoms with E-state index in [9.17, 15) is 0 Å². The van der Waals surface area contributed by atoms with Crippen molar-refractivity contribution in [3.05, 3.63) is 34.9 Å². The number of guanidine groups is 1. The predicted molar refractivity (Wildman–Crippen MR) is 125 cm³/mol. The summed E-state index contributed by atoms with van der Waals surface area (Å²) in [6.45, 7) is 9.05. The summed E-state index contributed by atoms with van der Waals surface area (Å²) in [6.07, 6.45) is 3.54. The SMILES string of the molecule is CCNC(=NCC(c1ccc(Cl)cc1)N(C)C)NC1CCN(CC2CCOC2)CC1. The molecule has 7 heteroatoms. The molecule has 168 valence electrons. The van der Waals surface area contributed by atoms with E-state index < -0.39 is 0 Å². The van der Waals surface area contributed by atoms with Crippen LogP contribution in [0.2, 0.25) is 5.02 Å². The van der Waals surface area contributed by atoms with Gasteiger partial charge in [-0.15, -0.1) is 0 Å². The number of likely N-dealkylation sites (tertiary alicyclic amines) is 1. The molecule has 0 saturated carbocycles. The Morgan fingerprint density at radius 1 is 1.23 bits per heavy atom. The van der Waals surface area contributed by atoms with Gasteiger partial charge in [-0.25, -0.2) is 0 Å². The molecule has 2 aliphatic rings. The van der Waals surface area contributed by atoms with Crippen LogP contribution in [0.1, 0.15) is 37.8 Å². The molecule has 2 fully saturated rings. The molecule has 6 nitrogen and oxygen atoms in total. The molecule has 1 aromatic rings. The molecular formula is C23H38ClN5O. The first-order valence-corrected chi connectivity index (χ1v) is 11.7. The minimum Gasteiger partial charge on any atom is -0.381 e. The van der Waals surface area contributed by atoms with Gasteiger partial charge >= 0.3 is 0 Å². The van der Waals surface area contributed by atoms with Crippen molar-refractivity contribution >= 4 is 17.6 Å². The summed E-state index contributed by atoms with van der Waals surface area (Å²) in [5, 5.41) is 7.86. The molecule has 0 radical (unpaired) electrons. The maximum absolute atomic E-state index is 6.06. The normalized spacial score (nSPS) is 22.4. The van der Waals surface area contributed by atoms with E-state index in [1.54, 1.807) is 0 Å². The highest BCUT2D eigenvalue weighted by Gasteiger charge is 2.24. The largest absolute Gasteiger partial charge is 0.381 e. The van der Waals surface area contributed by atoms with E-state index in [0.29, 0.717) is 12.6 Å². The second-order valence-corrected chi connectivity index (χ2v) is 9.14. The smallest absolute Gasteiger partial charge is 0.191 e. The minimum atomic E-state index is 0.216. The third-order valence-corrected chi connectivity index (χ3v) is 6.37. The van der Waals surface area contributed by atoms with Crippen LogP contribution < -0.4 is 10.6 Å². The Morgan fingerprint density at radius 3 is 2.57 bits per heavy atom. The molecule has 30 heavy (non-hydrogen) atoms. The lowest BCUT2D eigenvalue weighted by atomic mass is 10.0. The molecule has 0 aromatic heterocycles. The molecule has 2 aliphatic heterocycles. The van der Waals surface area contributed by atoms with Crippen LogP contribution in [0, 0.1) is 5.92 Å². The van der Waals surface area contributed by atoms with E-state index in [2.05, 4.69) is 53.6 Å². The highest BCUT2D eigenvalue weighted by atomic mass is 35.5. The number of ether oxygens (including phenoxy) is 1. The van der Waals surface area contributed by atoms with Gasteiger partial charge in [0.05, 0.1) is 19.2 Å². The highest BCUT2D eigenvalue weighted by Crippen LogP contribution is 2.21. The fraction of sp³-hybridized carbons (Fsp3) is 0.696. The number of benzene rings is 1. The second-order valence-electron chi connectivity index (χ2n) is 8.70. The molecule has 0 amide bonds. The summed E-state index contributed by atoms with van der Waals surface area (Å²) in [7, 11) is 4.19. The van der Waals surface area contributed by atoms with Crippen molar-refractivity contribution in [2.75, 3.05) is 60.0 Å². The number of piperidine rings is 1. The van der Waals surface area contributed by atoms with Crippen LogP contribution in [0.15, 0.2) is 29.3 Å². The molecule has 1 aromatic carbocycles. The zero-order valence-corrected chi connectivity index (χ0v) is 19.5. The molecule has 2 atom stereocenters. The minimum absolute atomic E-state index is 0.216. The Kier molecular flexibility index (Phi) is 9.25. The van der Waals surface area contributed by atoms with Gasteiger partial charge in [0.25, 0.3) is 0 Å². The van der Waals surface area contributed by atoms with E-state index in [1.807, 2.05) is 12.1 Å². The fourth-order valence-corrected chi connectivity index (χ4v) is 4.42. The number of likely N-dealkylation sites (N-methyl/N-ethyl adjacent to an activating group) is 1. The predicted octanol–water partition coefficient (Wildman–Crippen LogP) is 3.00. The maximum Gasteiger partial charge on any atom is 0.191 e. The van der Waals surface area contributed by atoms with Gasteiger partial charge < -0.3 is 25.2 Å². The Bertz CT molecular complexity index is 652. The van der Waals surface area contributed by atoms with Gasteiger partial charge in [0, 0.05) is 43.9 Å². The summed E-state index contributed by atoms with van der Waals surface area (Å²) < 4.78 is 5.53. The van der Waals surface area contributed by atoms with Crippen LogP contribution in [-0.2, 0) is 4.74 Å². The van der Waals surface area contributed by atoms with E-state index in [1.165, 1.54) is 18.5 Å². The van der Waals surface area contributed by atoms with Gasteiger partial charge in [0.15, 0.2) is 5.96 Å². The third kappa shape index (κ3) is 7.12. The molecule has 2 saturated heterocycles. The number of hydrogen-bond acceptors (Lipinski definition) is 4. The molecular weight excluding hydrogens is 398 g/mol. The van der Waals surface area contributed by atoms with Gasteiger partial charge in [0.2, 0.25) is 0 Å². The van der Waals surface area contributed by atoms with Crippen molar-refractivity contribution in [1.82, 2.24) is 20.4 Å². The topological polar surface area (TPSA) is 52.1 Å². The van der Waals surface area contributed by atoms with Crippen LogP contribution >= 0.6 is 11.6 Å². The zero-order chi connectivity index (χ0) is 21.3. The van der Waals surface area contributed by atoms with Crippen molar-refractivity contribution in [2.45, 2.75) is 38.3 Å². The van der Waals surface area contributed by atoms with Gasteiger partial charge in [-0.1, -0.05) is 23.7 Å². The Hall–Kier alpha value is -1.34. The monoisotopic (exact) mass is 435 g/mol. The second kappa shape index (κ2) is 11.9. The lowest BCUT2D eigenvalue weighted by Gasteiger charge is -2.34. The molecule has 2 unspecified atom stereocenters. The molecule has 0 aliphatic carbocycles. The summed E-state index contributed by atoms with van der Waals surface area (Å²) in [5.41, 5.74) is 1.23. The van der Waals surface area contributed by atoms with Crippen molar-refractivity contribution in [3.8, 4) is 0 Å². The summed E-state index contributed by atoms with van der Waals surface area (Å²) in [6, 6.07) is 8.78. The van der Waals surface area contributed by atoms with Crippen molar-refractivity contribution in [1.29, 1.82) is 0 Å². The van der Waals surface area contributed by atoms with Crippen LogP contribution in [-0.4, -0.2) is 81.8 Å². The number of nitrogens with one attached hydrogen (secondary N) is 2. The standard InChI is InChI=1S/C23H38ClN5O/c1-4-25-23(26-15-22(28(2)3)19-5-7-20(24)8-6-19)27-21-9-12-29(13-10-21)16-18-11-14-30-17-18/h5-8,18,21-22H,4,9-17H2,1-3H3,(H2,25,26,27). The molecule has 0 bridgehead atoms. The van der Waals surface area contributed by atoms with Gasteiger partial charge in [-0.2, -0.15) is 0 Å². The molecule has 3 rings (SSSR count). The van der Waals surface area contributed by atoms with E-state index in [0.717, 1.165) is 62.6 Å². The fourth-order valence-electron chi connectivity index (χ4n) is 4.30. The highest BCUT2D eigenvalue weighted by molar-refractivity contribution is 6.30. The van der Waals surface area contributed by atoms with E-state index >= 15 is 0 Å². The van der Waals surface area contributed by atoms with Gasteiger partial charge in [0.1, 0.15) is 0 Å². The quantitative estimate of drug-likeness (QED) is 0.485. The average Bonchev–Trinajstić information content (AvgIpc) is 3.24. The summed E-state index contributed by atoms with van der Waals surface area (Å²) in [5.74, 6) is 1.64. The Balaban J connectivity index is 1.52. The lowest BCUT2D eigenvalue weighted by Crippen LogP contribution is -2.49. The first-order chi connectivity index (χ1) is 14.5. The van der Waals surface area contributed by atoms with Crippen LogP contribution in [0.3, 0.4) is 0 Å². The first-order valence-electron chi connectivity index (χ1n) is 11.3.